The largest absolute Gasteiger partial charge is 0.496 e. The molecule has 2 aliphatic rings. The number of fused-ring (bicyclic) bond motifs is 1. The minimum atomic E-state index is -3.43. The maximum Gasteiger partial charge on any atom is 0.243 e. The Balaban J connectivity index is 0.00000176. The molecule has 2 unspecified atom stereocenters. The molecule has 3 rings (SSSR count). The average molecular weight is 412 g/mol. The van der Waals surface area contributed by atoms with Crippen LogP contribution in [0.5, 0.6) is 5.75 Å². The molecule has 1 aromatic carbocycles. The molecule has 0 saturated carbocycles. The Bertz CT molecular complexity index is 641. The van der Waals surface area contributed by atoms with E-state index in [4.69, 9.17) is 4.74 Å². The van der Waals surface area contributed by atoms with Gasteiger partial charge in [0.25, 0.3) is 0 Å². The number of hydrogen-bond acceptors (Lipinski definition) is 4. The number of halogens is 2. The fraction of sp³-hybridized carbons (Fsp3) is 0.571. The van der Waals surface area contributed by atoms with E-state index in [0.717, 1.165) is 19.4 Å². The van der Waals surface area contributed by atoms with Crippen LogP contribution < -0.4 is 10.1 Å². The molecule has 0 amide bonds. The molecular weight excluding hydrogens is 392 g/mol. The Morgan fingerprint density at radius 3 is 2.82 bits per heavy atom. The first kappa shape index (κ1) is 18.0. The van der Waals surface area contributed by atoms with E-state index < -0.39 is 10.0 Å². The second-order valence-electron chi connectivity index (χ2n) is 5.56. The molecule has 5 nitrogen and oxygen atoms in total. The van der Waals surface area contributed by atoms with Crippen molar-refractivity contribution in [2.75, 3.05) is 26.7 Å². The molecule has 1 N–H and O–H groups in total. The number of sulfonamides is 1. The summed E-state index contributed by atoms with van der Waals surface area (Å²) in [5.74, 6) is 1.07. The first-order valence-electron chi connectivity index (χ1n) is 7.09. The molecule has 124 valence electrons. The average Bonchev–Trinajstić information content (AvgIpc) is 2.94. The number of nitrogens with one attached hydrogen (secondary N) is 1. The molecule has 2 saturated heterocycles. The van der Waals surface area contributed by atoms with Crippen LogP contribution in [0.1, 0.15) is 12.8 Å². The number of rotatable bonds is 3. The van der Waals surface area contributed by atoms with E-state index in [0.29, 0.717) is 40.2 Å². The zero-order chi connectivity index (χ0) is 15.0. The van der Waals surface area contributed by atoms with Crippen LogP contribution in [0.2, 0.25) is 0 Å². The van der Waals surface area contributed by atoms with E-state index >= 15 is 0 Å². The van der Waals surface area contributed by atoms with Gasteiger partial charge < -0.3 is 10.1 Å². The van der Waals surface area contributed by atoms with Gasteiger partial charge >= 0.3 is 0 Å². The quantitative estimate of drug-likeness (QED) is 0.829. The molecule has 0 radical (unpaired) electrons. The van der Waals surface area contributed by atoms with Crippen molar-refractivity contribution in [3.63, 3.8) is 0 Å². The van der Waals surface area contributed by atoms with Gasteiger partial charge in [-0.25, -0.2) is 8.42 Å². The van der Waals surface area contributed by atoms with Gasteiger partial charge in [-0.3, -0.25) is 0 Å². The predicted molar refractivity (Wildman–Crippen MR) is 91.2 cm³/mol. The van der Waals surface area contributed by atoms with Crippen LogP contribution in [-0.4, -0.2) is 45.5 Å². The summed E-state index contributed by atoms with van der Waals surface area (Å²) >= 11 is 3.35. The van der Waals surface area contributed by atoms with Crippen LogP contribution in [0.15, 0.2) is 27.6 Å². The predicted octanol–water partition coefficient (Wildman–Crippen LogP) is 2.25. The topological polar surface area (TPSA) is 58.6 Å². The molecule has 1 aromatic rings. The lowest BCUT2D eigenvalue weighted by Crippen LogP contribution is -2.46. The fourth-order valence-electron chi connectivity index (χ4n) is 3.19. The smallest absolute Gasteiger partial charge is 0.243 e. The van der Waals surface area contributed by atoms with Crippen LogP contribution in [0.4, 0.5) is 0 Å². The van der Waals surface area contributed by atoms with Crippen molar-refractivity contribution < 1.29 is 13.2 Å². The SMILES string of the molecule is COc1ccc(S(=O)(=O)N2CCC3NCCC3C2)cc1Br.Cl. The molecule has 2 heterocycles. The fourth-order valence-corrected chi connectivity index (χ4v) is 5.42. The van der Waals surface area contributed by atoms with Gasteiger partial charge in [0.2, 0.25) is 10.0 Å². The zero-order valence-corrected chi connectivity index (χ0v) is 15.5. The first-order valence-corrected chi connectivity index (χ1v) is 9.33. The summed E-state index contributed by atoms with van der Waals surface area (Å²) in [5.41, 5.74) is 0. The summed E-state index contributed by atoms with van der Waals surface area (Å²) in [6, 6.07) is 5.39. The number of hydrogen-bond donors (Lipinski definition) is 1. The Hall–Kier alpha value is -0.340. The summed E-state index contributed by atoms with van der Waals surface area (Å²) in [5, 5.41) is 3.45. The Labute approximate surface area is 146 Å². The molecule has 8 heteroatoms. The van der Waals surface area contributed by atoms with Gasteiger partial charge in [0, 0.05) is 19.1 Å². The van der Waals surface area contributed by atoms with Crippen LogP contribution in [-0.2, 0) is 10.0 Å². The minimum absolute atomic E-state index is 0. The Morgan fingerprint density at radius 1 is 1.36 bits per heavy atom. The van der Waals surface area contributed by atoms with Gasteiger partial charge in [-0.05, 0) is 59.4 Å². The minimum Gasteiger partial charge on any atom is -0.496 e. The van der Waals surface area contributed by atoms with Crippen molar-refractivity contribution in [2.24, 2.45) is 5.92 Å². The van der Waals surface area contributed by atoms with E-state index in [1.54, 1.807) is 29.6 Å². The highest BCUT2D eigenvalue weighted by Crippen LogP contribution is 2.32. The molecule has 0 aromatic heterocycles. The van der Waals surface area contributed by atoms with Crippen molar-refractivity contribution >= 4 is 38.4 Å². The normalized spacial score (nSPS) is 25.4. The highest BCUT2D eigenvalue weighted by molar-refractivity contribution is 9.10. The number of piperidine rings is 1. The zero-order valence-electron chi connectivity index (χ0n) is 12.3. The van der Waals surface area contributed by atoms with Crippen LogP contribution in [0.25, 0.3) is 0 Å². The van der Waals surface area contributed by atoms with Crippen molar-refractivity contribution in [1.82, 2.24) is 9.62 Å². The molecule has 0 bridgehead atoms. The lowest BCUT2D eigenvalue weighted by molar-refractivity contribution is 0.247. The third kappa shape index (κ3) is 3.28. The Morgan fingerprint density at radius 2 is 2.14 bits per heavy atom. The number of nitrogens with zero attached hydrogens (tertiary/aromatic N) is 1. The molecule has 0 aliphatic carbocycles. The lowest BCUT2D eigenvalue weighted by atomic mass is 9.95. The highest BCUT2D eigenvalue weighted by Gasteiger charge is 2.37. The number of methoxy groups -OCH3 is 1. The van der Waals surface area contributed by atoms with E-state index in [9.17, 15) is 8.42 Å². The molecule has 2 fully saturated rings. The third-order valence-corrected chi connectivity index (χ3v) is 6.86. The van der Waals surface area contributed by atoms with Gasteiger partial charge in [-0.15, -0.1) is 12.4 Å². The van der Waals surface area contributed by atoms with Crippen molar-refractivity contribution in [3.8, 4) is 5.75 Å². The maximum absolute atomic E-state index is 12.8. The number of benzene rings is 1. The highest BCUT2D eigenvalue weighted by atomic mass is 79.9. The van der Waals surface area contributed by atoms with Crippen LogP contribution >= 0.6 is 28.3 Å². The van der Waals surface area contributed by atoms with E-state index in [2.05, 4.69) is 21.2 Å². The van der Waals surface area contributed by atoms with Crippen molar-refractivity contribution in [2.45, 2.75) is 23.8 Å². The van der Waals surface area contributed by atoms with Gasteiger partial charge in [-0.1, -0.05) is 0 Å². The summed E-state index contributed by atoms with van der Waals surface area (Å²) < 4.78 is 33.0. The molecular formula is C14H20BrClN2O3S. The monoisotopic (exact) mass is 410 g/mol. The third-order valence-electron chi connectivity index (χ3n) is 4.38. The van der Waals surface area contributed by atoms with Crippen LogP contribution in [0.3, 0.4) is 0 Å². The van der Waals surface area contributed by atoms with E-state index in [-0.39, 0.29) is 12.4 Å². The molecule has 2 aliphatic heterocycles. The van der Waals surface area contributed by atoms with Crippen molar-refractivity contribution in [1.29, 1.82) is 0 Å². The Kier molecular flexibility index (Phi) is 5.77. The lowest BCUT2D eigenvalue weighted by Gasteiger charge is -2.34. The van der Waals surface area contributed by atoms with Gasteiger partial charge in [0.1, 0.15) is 5.75 Å². The van der Waals surface area contributed by atoms with Gasteiger partial charge in [0.15, 0.2) is 0 Å². The first-order chi connectivity index (χ1) is 10.0. The molecule has 22 heavy (non-hydrogen) atoms. The summed E-state index contributed by atoms with van der Waals surface area (Å²) in [6.45, 7) is 2.20. The van der Waals surface area contributed by atoms with E-state index in [1.807, 2.05) is 0 Å². The second kappa shape index (κ2) is 7.05. The van der Waals surface area contributed by atoms with Crippen LogP contribution in [0, 0.1) is 5.92 Å². The van der Waals surface area contributed by atoms with Gasteiger partial charge in [0.05, 0.1) is 16.5 Å². The van der Waals surface area contributed by atoms with E-state index in [1.165, 1.54) is 0 Å². The maximum atomic E-state index is 12.8. The standard InChI is InChI=1S/C14H19BrN2O3S.ClH/c1-20-14-3-2-11(8-12(14)15)21(18,19)17-7-5-13-10(9-17)4-6-16-13;/h2-3,8,10,13,16H,4-7,9H2,1H3;1H. The second-order valence-corrected chi connectivity index (χ2v) is 8.35. The number of ether oxygens (including phenoxy) is 1. The summed E-state index contributed by atoms with van der Waals surface area (Å²) in [4.78, 5) is 0.319. The summed E-state index contributed by atoms with van der Waals surface area (Å²) in [6.07, 6.45) is 1.95. The van der Waals surface area contributed by atoms with Gasteiger partial charge in [-0.2, -0.15) is 4.31 Å². The van der Waals surface area contributed by atoms with Crippen molar-refractivity contribution in [3.05, 3.63) is 22.7 Å². The summed E-state index contributed by atoms with van der Waals surface area (Å²) in [7, 11) is -1.87. The molecule has 0 spiro atoms. The molecule has 2 atom stereocenters.